The molecule has 0 bridgehead atoms. The molecule has 0 saturated carbocycles. The van der Waals surface area contributed by atoms with E-state index in [9.17, 15) is 19.7 Å². The summed E-state index contributed by atoms with van der Waals surface area (Å²) in [7, 11) is 2.79. The lowest BCUT2D eigenvalue weighted by atomic mass is 9.94. The molecule has 1 aromatic heterocycles. The Balaban J connectivity index is 2.00. The molecule has 1 aliphatic heterocycles. The van der Waals surface area contributed by atoms with Crippen LogP contribution in [0.15, 0.2) is 57.5 Å². The zero-order chi connectivity index (χ0) is 28.4. The molecule has 0 fully saturated rings. The molecule has 12 heteroatoms. The monoisotopic (exact) mass is 570 g/mol. The summed E-state index contributed by atoms with van der Waals surface area (Å²) in [4.78, 5) is 45.3. The molecule has 0 unspecified atom stereocenters. The van der Waals surface area contributed by atoms with Crippen LogP contribution in [0.25, 0.3) is 6.08 Å². The minimum atomic E-state index is -0.740. The molecule has 39 heavy (non-hydrogen) atoms. The Morgan fingerprint density at radius 1 is 1.21 bits per heavy atom. The van der Waals surface area contributed by atoms with Crippen LogP contribution < -0.4 is 24.4 Å². The van der Waals surface area contributed by atoms with Gasteiger partial charge in [0, 0.05) is 29.7 Å². The average molecular weight is 571 g/mol. The first-order valence-corrected chi connectivity index (χ1v) is 13.3. The van der Waals surface area contributed by atoms with Crippen molar-refractivity contribution in [1.29, 1.82) is 0 Å². The van der Waals surface area contributed by atoms with E-state index >= 15 is 0 Å². The maximum atomic E-state index is 13.9. The molecule has 1 atom stereocenters. The highest BCUT2D eigenvalue weighted by atomic mass is 35.5. The van der Waals surface area contributed by atoms with E-state index in [-0.39, 0.29) is 27.6 Å². The zero-order valence-corrected chi connectivity index (χ0v) is 23.6. The second-order valence-corrected chi connectivity index (χ2v) is 10.1. The fraction of sp³-hybridized carbons (Fsp3) is 0.296. The Morgan fingerprint density at radius 2 is 1.87 bits per heavy atom. The number of methoxy groups -OCH3 is 2. The predicted molar refractivity (Wildman–Crippen MR) is 149 cm³/mol. The minimum Gasteiger partial charge on any atom is -0.493 e. The molecule has 10 nitrogen and oxygen atoms in total. The number of fused-ring (bicyclic) bond motifs is 1. The first-order valence-electron chi connectivity index (χ1n) is 12.1. The Kier molecular flexibility index (Phi) is 8.22. The number of allylic oxidation sites excluding steroid dienone is 1. The number of nitrogens with zero attached hydrogens (tertiary/aromatic N) is 4. The van der Waals surface area contributed by atoms with E-state index in [1.807, 2.05) is 13.8 Å². The van der Waals surface area contributed by atoms with E-state index in [0.29, 0.717) is 45.3 Å². The van der Waals surface area contributed by atoms with Gasteiger partial charge < -0.3 is 14.4 Å². The van der Waals surface area contributed by atoms with E-state index in [2.05, 4.69) is 4.99 Å². The van der Waals surface area contributed by atoms with Crippen LogP contribution in [0.4, 0.5) is 5.69 Å². The number of hydrogen-bond donors (Lipinski definition) is 0. The number of non-ortho nitro benzene ring substituents is 1. The third-order valence-electron chi connectivity index (χ3n) is 6.48. The molecule has 0 spiro atoms. The number of benzene rings is 2. The van der Waals surface area contributed by atoms with E-state index < -0.39 is 16.5 Å². The number of halogens is 1. The first-order chi connectivity index (χ1) is 18.6. The largest absolute Gasteiger partial charge is 0.493 e. The number of hydrogen-bond acceptors (Lipinski definition) is 8. The summed E-state index contributed by atoms with van der Waals surface area (Å²) in [5, 5.41) is 12.1. The number of aromatic nitrogens is 1. The Labute approximate surface area is 233 Å². The molecule has 4 rings (SSSR count). The molecule has 0 radical (unpaired) electrons. The lowest BCUT2D eigenvalue weighted by Crippen LogP contribution is -2.43. The van der Waals surface area contributed by atoms with Crippen LogP contribution >= 0.6 is 22.9 Å². The quantitative estimate of drug-likeness (QED) is 0.301. The molecule has 0 N–H and O–H groups in total. The number of carbonyl (C=O) groups is 1. The normalized spacial score (nSPS) is 15.0. The third-order valence-corrected chi connectivity index (χ3v) is 7.71. The second kappa shape index (κ2) is 11.4. The van der Waals surface area contributed by atoms with Crippen molar-refractivity contribution in [3.05, 3.63) is 93.6 Å². The molecule has 3 aromatic rings. The summed E-state index contributed by atoms with van der Waals surface area (Å²) in [6.07, 6.45) is 1.52. The lowest BCUT2D eigenvalue weighted by molar-refractivity contribution is -0.385. The van der Waals surface area contributed by atoms with Crippen molar-refractivity contribution in [3.8, 4) is 11.5 Å². The maximum Gasteiger partial charge on any atom is 0.274 e. The second-order valence-electron chi connectivity index (χ2n) is 8.64. The maximum absolute atomic E-state index is 13.9. The average Bonchev–Trinajstić information content (AvgIpc) is 3.22. The molecule has 0 aliphatic carbocycles. The molecule has 1 aliphatic rings. The number of carbonyl (C=O) groups excluding carboxylic acids is 1. The molecule has 2 heterocycles. The number of nitro groups is 1. The minimum absolute atomic E-state index is 0.160. The highest BCUT2D eigenvalue weighted by molar-refractivity contribution is 7.07. The molecule has 2 aromatic carbocycles. The van der Waals surface area contributed by atoms with Crippen LogP contribution in [0.5, 0.6) is 11.5 Å². The zero-order valence-electron chi connectivity index (χ0n) is 22.1. The van der Waals surface area contributed by atoms with Gasteiger partial charge in [-0.2, -0.15) is 0 Å². The van der Waals surface area contributed by atoms with Crippen LogP contribution in [-0.2, 0) is 4.79 Å². The summed E-state index contributed by atoms with van der Waals surface area (Å²) in [5.41, 5.74) is 1.29. The standard InChI is InChI=1S/C27H27ClN4O6S/c1-6-30(7-2)26(34)22-15(3)29-27-31(23(22)16-8-10-18(28)11-9-16)25(33)21(39-27)13-17-12-19(32(35)36)14-20(37-4)24(17)38-5/h8-14,23H,6-7H2,1-5H3/b21-13-/t23-/m0/s1. The number of thiazole rings is 1. The summed E-state index contributed by atoms with van der Waals surface area (Å²) in [6, 6.07) is 8.82. The van der Waals surface area contributed by atoms with E-state index in [1.54, 1.807) is 36.1 Å². The topological polar surface area (TPSA) is 116 Å². The van der Waals surface area contributed by atoms with E-state index in [1.165, 1.54) is 37.0 Å². The Bertz CT molecular complexity index is 1650. The highest BCUT2D eigenvalue weighted by Gasteiger charge is 2.34. The molecule has 1 amide bonds. The van der Waals surface area contributed by atoms with Gasteiger partial charge in [-0.05, 0) is 44.5 Å². The van der Waals surface area contributed by atoms with Crippen LogP contribution in [-0.4, -0.2) is 47.6 Å². The number of ether oxygens (including phenoxy) is 2. The van der Waals surface area contributed by atoms with E-state index in [4.69, 9.17) is 21.1 Å². The highest BCUT2D eigenvalue weighted by Crippen LogP contribution is 2.36. The SMILES string of the molecule is CCN(CC)C(=O)C1=C(C)N=c2s/c(=C\c3cc([N+](=O)[O-])cc(OC)c3OC)c(=O)n2[C@H]1c1ccc(Cl)cc1. The van der Waals surface area contributed by atoms with E-state index in [0.717, 1.165) is 11.3 Å². The molecular weight excluding hydrogens is 544 g/mol. The van der Waals surface area contributed by atoms with Crippen LogP contribution in [0.1, 0.15) is 37.9 Å². The Morgan fingerprint density at radius 3 is 2.44 bits per heavy atom. The van der Waals surface area contributed by atoms with Crippen molar-refractivity contribution >= 4 is 40.6 Å². The summed E-state index contributed by atoms with van der Waals surface area (Å²) >= 11 is 7.26. The van der Waals surface area contributed by atoms with Crippen LogP contribution in [0.2, 0.25) is 5.02 Å². The number of amides is 1. The Hall–Kier alpha value is -3.96. The first kappa shape index (κ1) is 28.1. The van der Waals surface area contributed by atoms with Gasteiger partial charge in [0.25, 0.3) is 17.2 Å². The van der Waals surface area contributed by atoms with Gasteiger partial charge in [0.1, 0.15) is 0 Å². The summed E-state index contributed by atoms with van der Waals surface area (Å²) in [5.74, 6) is 0.199. The molecule has 204 valence electrons. The predicted octanol–water partition coefficient (Wildman–Crippen LogP) is 3.68. The third kappa shape index (κ3) is 5.19. The fourth-order valence-electron chi connectivity index (χ4n) is 4.57. The van der Waals surface area contributed by atoms with Crippen molar-refractivity contribution in [2.24, 2.45) is 4.99 Å². The van der Waals surface area contributed by atoms with Crippen molar-refractivity contribution in [3.63, 3.8) is 0 Å². The van der Waals surface area contributed by atoms with Crippen LogP contribution in [0, 0.1) is 10.1 Å². The summed E-state index contributed by atoms with van der Waals surface area (Å²) in [6.45, 7) is 6.54. The van der Waals surface area contributed by atoms with Gasteiger partial charge >= 0.3 is 0 Å². The van der Waals surface area contributed by atoms with Gasteiger partial charge in [-0.3, -0.25) is 24.3 Å². The van der Waals surface area contributed by atoms with Gasteiger partial charge in [0.15, 0.2) is 16.3 Å². The fourth-order valence-corrected chi connectivity index (χ4v) is 5.73. The van der Waals surface area contributed by atoms with Crippen molar-refractivity contribution in [1.82, 2.24) is 9.47 Å². The van der Waals surface area contributed by atoms with Gasteiger partial charge in [-0.1, -0.05) is 35.1 Å². The van der Waals surface area contributed by atoms with Gasteiger partial charge in [-0.15, -0.1) is 0 Å². The van der Waals surface area contributed by atoms with Crippen molar-refractivity contribution in [2.75, 3.05) is 27.3 Å². The summed E-state index contributed by atoms with van der Waals surface area (Å²) < 4.78 is 12.5. The van der Waals surface area contributed by atoms with Gasteiger partial charge in [-0.25, -0.2) is 4.99 Å². The van der Waals surface area contributed by atoms with Gasteiger partial charge in [0.2, 0.25) is 0 Å². The molecular formula is C27H27ClN4O6S. The van der Waals surface area contributed by atoms with Gasteiger partial charge in [0.05, 0.1) is 47.1 Å². The lowest BCUT2D eigenvalue weighted by Gasteiger charge is -2.29. The van der Waals surface area contributed by atoms with Crippen molar-refractivity contribution in [2.45, 2.75) is 26.8 Å². The van der Waals surface area contributed by atoms with Crippen molar-refractivity contribution < 1.29 is 19.2 Å². The number of nitro benzene ring substituents is 1. The number of rotatable bonds is 8. The number of likely N-dealkylation sites (N-methyl/N-ethyl adjacent to an activating group) is 1. The smallest absolute Gasteiger partial charge is 0.274 e. The molecule has 0 saturated heterocycles. The van der Waals surface area contributed by atoms with Crippen LogP contribution in [0.3, 0.4) is 0 Å².